The predicted molar refractivity (Wildman–Crippen MR) is 96.3 cm³/mol. The highest BCUT2D eigenvalue weighted by molar-refractivity contribution is 7.89. The van der Waals surface area contributed by atoms with Gasteiger partial charge in [0.2, 0.25) is 10.0 Å². The van der Waals surface area contributed by atoms with E-state index in [0.717, 1.165) is 12.8 Å². The summed E-state index contributed by atoms with van der Waals surface area (Å²) in [6, 6.07) is 13.5. The first-order chi connectivity index (χ1) is 11.9. The monoisotopic (exact) mass is 381 g/mol. The van der Waals surface area contributed by atoms with Gasteiger partial charge in [0.1, 0.15) is 16.2 Å². The van der Waals surface area contributed by atoms with Crippen LogP contribution in [0.15, 0.2) is 53.4 Å². The molecule has 0 bridgehead atoms. The highest BCUT2D eigenvalue weighted by Gasteiger charge is 2.45. The Balaban J connectivity index is 1.87. The first kappa shape index (κ1) is 18.2. The second kappa shape index (κ2) is 6.96. The van der Waals surface area contributed by atoms with Crippen LogP contribution in [0.4, 0.5) is 0 Å². The molecule has 134 valence electrons. The lowest BCUT2D eigenvalue weighted by molar-refractivity contribution is 0.0185. The molecule has 0 aromatic heterocycles. The van der Waals surface area contributed by atoms with Crippen molar-refractivity contribution in [1.82, 2.24) is 4.72 Å². The van der Waals surface area contributed by atoms with Gasteiger partial charge in [-0.05, 0) is 42.5 Å². The van der Waals surface area contributed by atoms with E-state index in [9.17, 15) is 13.5 Å². The molecular formula is C18H20ClNO4S. The molecule has 0 saturated heterocycles. The molecule has 2 N–H and O–H groups in total. The third kappa shape index (κ3) is 3.82. The summed E-state index contributed by atoms with van der Waals surface area (Å²) in [5, 5.41) is 11.4. The van der Waals surface area contributed by atoms with Gasteiger partial charge < -0.3 is 9.84 Å². The molecule has 5 nitrogen and oxygen atoms in total. The van der Waals surface area contributed by atoms with E-state index >= 15 is 0 Å². The van der Waals surface area contributed by atoms with Crippen LogP contribution in [-0.4, -0.2) is 27.2 Å². The Labute approximate surface area is 152 Å². The third-order valence-electron chi connectivity index (χ3n) is 4.47. The Bertz CT molecular complexity index is 853. The fourth-order valence-corrected chi connectivity index (χ4v) is 4.41. The van der Waals surface area contributed by atoms with Gasteiger partial charge in [-0.15, -0.1) is 0 Å². The fraction of sp³-hybridized carbons (Fsp3) is 0.333. The molecule has 0 spiro atoms. The summed E-state index contributed by atoms with van der Waals surface area (Å²) in [6.45, 7) is -0.111. The average Bonchev–Trinajstić information content (AvgIpc) is 3.46. The molecule has 2 aromatic carbocycles. The first-order valence-corrected chi connectivity index (χ1v) is 9.84. The van der Waals surface area contributed by atoms with E-state index in [1.807, 2.05) is 30.3 Å². The average molecular weight is 382 g/mol. The Kier molecular flexibility index (Phi) is 5.06. The van der Waals surface area contributed by atoms with Crippen molar-refractivity contribution in [3.8, 4) is 5.75 Å². The number of hydrogen-bond acceptors (Lipinski definition) is 4. The van der Waals surface area contributed by atoms with Crippen LogP contribution in [0.2, 0.25) is 5.02 Å². The number of halogens is 1. The zero-order valence-electron chi connectivity index (χ0n) is 13.8. The van der Waals surface area contributed by atoms with Gasteiger partial charge in [-0.2, -0.15) is 0 Å². The summed E-state index contributed by atoms with van der Waals surface area (Å²) in [6.07, 6.45) is 1.74. The lowest BCUT2D eigenvalue weighted by Crippen LogP contribution is -2.42. The molecule has 25 heavy (non-hydrogen) atoms. The molecule has 0 aliphatic heterocycles. The maximum Gasteiger partial charge on any atom is 0.244 e. The second-order valence-corrected chi connectivity index (χ2v) is 8.36. The van der Waals surface area contributed by atoms with Crippen molar-refractivity contribution < 1.29 is 18.3 Å². The maximum absolute atomic E-state index is 12.7. The number of sulfonamides is 1. The minimum Gasteiger partial charge on any atom is -0.495 e. The lowest BCUT2D eigenvalue weighted by atomic mass is 9.89. The Morgan fingerprint density at radius 1 is 1.24 bits per heavy atom. The van der Waals surface area contributed by atoms with Crippen LogP contribution in [-0.2, 0) is 15.6 Å². The number of ether oxygens (including phenoxy) is 1. The van der Waals surface area contributed by atoms with Crippen molar-refractivity contribution in [1.29, 1.82) is 0 Å². The molecule has 0 amide bonds. The molecular weight excluding hydrogens is 362 g/mol. The third-order valence-corrected chi connectivity index (χ3v) is 6.13. The molecule has 1 atom stereocenters. The number of nitrogens with one attached hydrogen (secondary N) is 1. The van der Waals surface area contributed by atoms with E-state index in [1.54, 1.807) is 6.07 Å². The van der Waals surface area contributed by atoms with Crippen LogP contribution in [0.1, 0.15) is 18.4 Å². The normalized spacial score (nSPS) is 17.1. The van der Waals surface area contributed by atoms with Crippen LogP contribution in [0, 0.1) is 5.92 Å². The Morgan fingerprint density at radius 2 is 1.92 bits per heavy atom. The Morgan fingerprint density at radius 3 is 2.52 bits per heavy atom. The highest BCUT2D eigenvalue weighted by Crippen LogP contribution is 2.45. The van der Waals surface area contributed by atoms with Gasteiger partial charge in [0.25, 0.3) is 0 Å². The van der Waals surface area contributed by atoms with Crippen molar-refractivity contribution in [3.63, 3.8) is 0 Å². The minimum absolute atomic E-state index is 0.0406. The summed E-state index contributed by atoms with van der Waals surface area (Å²) in [4.78, 5) is -0.0475. The van der Waals surface area contributed by atoms with E-state index in [1.165, 1.54) is 19.2 Å². The minimum atomic E-state index is -3.89. The topological polar surface area (TPSA) is 75.6 Å². The molecule has 2 aromatic rings. The van der Waals surface area contributed by atoms with Crippen molar-refractivity contribution >= 4 is 21.6 Å². The summed E-state index contributed by atoms with van der Waals surface area (Å²) in [5.41, 5.74) is -0.529. The van der Waals surface area contributed by atoms with Crippen molar-refractivity contribution in [2.75, 3.05) is 13.7 Å². The summed E-state index contributed by atoms with van der Waals surface area (Å²) < 4.78 is 33.1. The van der Waals surface area contributed by atoms with Crippen molar-refractivity contribution in [2.45, 2.75) is 23.3 Å². The Hall–Kier alpha value is -1.60. The number of rotatable bonds is 7. The second-order valence-electron chi connectivity index (χ2n) is 6.18. The molecule has 1 fully saturated rings. The number of benzene rings is 2. The highest BCUT2D eigenvalue weighted by atomic mass is 35.5. The van der Waals surface area contributed by atoms with Gasteiger partial charge in [-0.25, -0.2) is 13.1 Å². The van der Waals surface area contributed by atoms with Crippen molar-refractivity contribution in [3.05, 3.63) is 59.1 Å². The van der Waals surface area contributed by atoms with E-state index < -0.39 is 15.6 Å². The zero-order chi connectivity index (χ0) is 18.1. The molecule has 0 unspecified atom stereocenters. The van der Waals surface area contributed by atoms with Crippen LogP contribution < -0.4 is 9.46 Å². The first-order valence-electron chi connectivity index (χ1n) is 7.98. The van der Waals surface area contributed by atoms with Crippen LogP contribution in [0.5, 0.6) is 5.75 Å². The summed E-state index contributed by atoms with van der Waals surface area (Å²) in [7, 11) is -2.50. The maximum atomic E-state index is 12.7. The number of hydrogen-bond donors (Lipinski definition) is 2. The molecule has 3 rings (SSSR count). The van der Waals surface area contributed by atoms with Crippen molar-refractivity contribution in [2.24, 2.45) is 5.92 Å². The summed E-state index contributed by atoms with van der Waals surface area (Å²) >= 11 is 5.93. The van der Waals surface area contributed by atoms with Crippen LogP contribution >= 0.6 is 11.6 Å². The standard InChI is InChI=1S/C18H20ClNO4S/c1-24-16-10-9-15(19)11-17(16)25(22,23)20-12-18(21,14-7-8-14)13-5-3-2-4-6-13/h2-6,9-11,14,20-21H,7-8,12H2,1H3/t18-/m0/s1. The molecule has 1 saturated carbocycles. The van der Waals surface area contributed by atoms with Gasteiger partial charge in [-0.1, -0.05) is 41.9 Å². The largest absolute Gasteiger partial charge is 0.495 e. The molecule has 0 radical (unpaired) electrons. The molecule has 1 aliphatic rings. The number of aliphatic hydroxyl groups is 1. The van der Waals surface area contributed by atoms with Gasteiger partial charge in [0, 0.05) is 11.6 Å². The summed E-state index contributed by atoms with van der Waals surface area (Å²) in [5.74, 6) is 0.241. The van der Waals surface area contributed by atoms with E-state index in [4.69, 9.17) is 16.3 Å². The van der Waals surface area contributed by atoms with Gasteiger partial charge in [0.15, 0.2) is 0 Å². The van der Waals surface area contributed by atoms with E-state index in [-0.39, 0.29) is 23.1 Å². The SMILES string of the molecule is COc1ccc(Cl)cc1S(=O)(=O)NC[C@](O)(c1ccccc1)C1CC1. The smallest absolute Gasteiger partial charge is 0.244 e. The molecule has 7 heteroatoms. The zero-order valence-corrected chi connectivity index (χ0v) is 15.3. The lowest BCUT2D eigenvalue weighted by Gasteiger charge is -2.29. The predicted octanol–water partition coefficient (Wildman–Crippen LogP) is 2.92. The quantitative estimate of drug-likeness (QED) is 0.773. The fourth-order valence-electron chi connectivity index (χ4n) is 2.91. The van der Waals surface area contributed by atoms with Crippen LogP contribution in [0.3, 0.4) is 0 Å². The van der Waals surface area contributed by atoms with Gasteiger partial charge in [-0.3, -0.25) is 0 Å². The van der Waals surface area contributed by atoms with Crippen LogP contribution in [0.25, 0.3) is 0 Å². The molecule has 1 aliphatic carbocycles. The van der Waals surface area contributed by atoms with Gasteiger partial charge in [0.05, 0.1) is 7.11 Å². The van der Waals surface area contributed by atoms with E-state index in [0.29, 0.717) is 10.6 Å². The number of methoxy groups -OCH3 is 1. The van der Waals surface area contributed by atoms with E-state index in [2.05, 4.69) is 4.72 Å². The van der Waals surface area contributed by atoms with Gasteiger partial charge >= 0.3 is 0 Å². The molecule has 0 heterocycles.